The maximum absolute atomic E-state index is 5.72. The molecule has 0 aliphatic carbocycles. The second-order valence-corrected chi connectivity index (χ2v) is 4.62. The van der Waals surface area contributed by atoms with Crippen molar-refractivity contribution in [3.63, 3.8) is 0 Å². The molecule has 0 unspecified atom stereocenters. The minimum atomic E-state index is 0.691. The van der Waals surface area contributed by atoms with Crippen LogP contribution in [0.1, 0.15) is 0 Å². The van der Waals surface area contributed by atoms with Gasteiger partial charge in [-0.2, -0.15) is 4.98 Å². The first kappa shape index (κ1) is 10.1. The normalized spacial score (nSPS) is 16.9. The number of anilines is 1. The van der Waals surface area contributed by atoms with E-state index < -0.39 is 0 Å². The van der Waals surface area contributed by atoms with E-state index in [9.17, 15) is 0 Å². The topological polar surface area (TPSA) is 38.5 Å². The van der Waals surface area contributed by atoms with Crippen LogP contribution in [-0.4, -0.2) is 31.3 Å². The van der Waals surface area contributed by atoms with Crippen LogP contribution in [0.2, 0.25) is 0 Å². The van der Waals surface area contributed by atoms with Crippen molar-refractivity contribution in [3.8, 4) is 0 Å². The largest absolute Gasteiger partial charge is 0.423 e. The van der Waals surface area contributed by atoms with Crippen molar-refractivity contribution in [1.29, 1.82) is 0 Å². The van der Waals surface area contributed by atoms with E-state index >= 15 is 0 Å². The minimum absolute atomic E-state index is 0.691. The van der Waals surface area contributed by atoms with Crippen LogP contribution in [0.15, 0.2) is 27.1 Å². The van der Waals surface area contributed by atoms with E-state index in [4.69, 9.17) is 9.15 Å². The monoisotopic (exact) mass is 282 g/mol. The molecule has 2 aromatic rings. The molecule has 1 aromatic heterocycles. The fourth-order valence-electron chi connectivity index (χ4n) is 1.78. The Morgan fingerprint density at radius 3 is 2.88 bits per heavy atom. The number of nitrogens with zero attached hydrogens (tertiary/aromatic N) is 2. The third-order valence-corrected chi connectivity index (χ3v) is 3.11. The first-order chi connectivity index (χ1) is 7.83. The first-order valence-electron chi connectivity index (χ1n) is 5.22. The SMILES string of the molecule is Brc1ccc2nc(N3CCOCC3)oc2c1. The van der Waals surface area contributed by atoms with Gasteiger partial charge in [0.15, 0.2) is 5.58 Å². The summed E-state index contributed by atoms with van der Waals surface area (Å²) in [6, 6.07) is 6.55. The van der Waals surface area contributed by atoms with E-state index in [1.807, 2.05) is 18.2 Å². The van der Waals surface area contributed by atoms with Gasteiger partial charge >= 0.3 is 0 Å². The molecule has 1 fully saturated rings. The highest BCUT2D eigenvalue weighted by molar-refractivity contribution is 9.10. The Kier molecular flexibility index (Phi) is 2.57. The molecule has 1 saturated heterocycles. The number of halogens is 1. The predicted molar refractivity (Wildman–Crippen MR) is 64.7 cm³/mol. The van der Waals surface area contributed by atoms with Gasteiger partial charge in [0.05, 0.1) is 13.2 Å². The number of benzene rings is 1. The Bertz CT molecular complexity index is 506. The fourth-order valence-corrected chi connectivity index (χ4v) is 2.12. The van der Waals surface area contributed by atoms with Crippen molar-refractivity contribution < 1.29 is 9.15 Å². The summed E-state index contributed by atoms with van der Waals surface area (Å²) < 4.78 is 12.0. The molecule has 0 amide bonds. The molecule has 5 heteroatoms. The van der Waals surface area contributed by atoms with Crippen LogP contribution in [0.25, 0.3) is 11.1 Å². The lowest BCUT2D eigenvalue weighted by molar-refractivity contribution is 0.120. The zero-order valence-corrected chi connectivity index (χ0v) is 10.2. The number of oxazole rings is 1. The highest BCUT2D eigenvalue weighted by Gasteiger charge is 2.16. The molecule has 0 radical (unpaired) electrons. The van der Waals surface area contributed by atoms with Gasteiger partial charge in [-0.05, 0) is 18.2 Å². The lowest BCUT2D eigenvalue weighted by atomic mass is 10.3. The van der Waals surface area contributed by atoms with Gasteiger partial charge in [0.25, 0.3) is 6.01 Å². The van der Waals surface area contributed by atoms with Crippen molar-refractivity contribution >= 4 is 33.0 Å². The molecule has 0 N–H and O–H groups in total. The molecule has 1 aliphatic heterocycles. The summed E-state index contributed by atoms with van der Waals surface area (Å²) in [6.45, 7) is 3.16. The smallest absolute Gasteiger partial charge is 0.298 e. The van der Waals surface area contributed by atoms with Gasteiger partial charge in [0.1, 0.15) is 5.52 Å². The maximum atomic E-state index is 5.72. The predicted octanol–water partition coefficient (Wildman–Crippen LogP) is 2.43. The molecular weight excluding hydrogens is 272 g/mol. The van der Waals surface area contributed by atoms with Crippen molar-refractivity contribution in [2.75, 3.05) is 31.2 Å². The fraction of sp³-hybridized carbons (Fsp3) is 0.364. The van der Waals surface area contributed by atoms with Crippen LogP contribution >= 0.6 is 15.9 Å². The number of hydrogen-bond donors (Lipinski definition) is 0. The average Bonchev–Trinajstić information content (AvgIpc) is 2.73. The Labute approximate surface area is 101 Å². The zero-order chi connectivity index (χ0) is 11.0. The Morgan fingerprint density at radius 1 is 1.25 bits per heavy atom. The van der Waals surface area contributed by atoms with Crippen molar-refractivity contribution in [2.24, 2.45) is 0 Å². The standard InChI is InChI=1S/C11H11BrN2O2/c12-8-1-2-9-10(7-8)16-11(13-9)14-3-5-15-6-4-14/h1-2,7H,3-6H2. The van der Waals surface area contributed by atoms with Gasteiger partial charge in [-0.15, -0.1) is 0 Å². The Balaban J connectivity index is 1.97. The van der Waals surface area contributed by atoms with Crippen LogP contribution in [0.5, 0.6) is 0 Å². The maximum Gasteiger partial charge on any atom is 0.298 e. The number of fused-ring (bicyclic) bond motifs is 1. The summed E-state index contributed by atoms with van der Waals surface area (Å²) in [5.41, 5.74) is 1.71. The highest BCUT2D eigenvalue weighted by atomic mass is 79.9. The first-order valence-corrected chi connectivity index (χ1v) is 6.01. The number of aromatic nitrogens is 1. The average molecular weight is 283 g/mol. The highest BCUT2D eigenvalue weighted by Crippen LogP contribution is 2.25. The molecule has 2 heterocycles. The molecule has 84 valence electrons. The van der Waals surface area contributed by atoms with E-state index in [2.05, 4.69) is 25.8 Å². The second-order valence-electron chi connectivity index (χ2n) is 3.71. The van der Waals surface area contributed by atoms with Gasteiger partial charge < -0.3 is 14.1 Å². The molecule has 0 bridgehead atoms. The summed E-state index contributed by atoms with van der Waals surface area (Å²) in [6.07, 6.45) is 0. The number of rotatable bonds is 1. The number of hydrogen-bond acceptors (Lipinski definition) is 4. The molecule has 16 heavy (non-hydrogen) atoms. The van der Waals surface area contributed by atoms with Gasteiger partial charge in [-0.3, -0.25) is 0 Å². The number of morpholine rings is 1. The van der Waals surface area contributed by atoms with E-state index in [1.165, 1.54) is 0 Å². The van der Waals surface area contributed by atoms with Crippen molar-refractivity contribution in [2.45, 2.75) is 0 Å². The molecule has 1 aromatic carbocycles. The summed E-state index contributed by atoms with van der Waals surface area (Å²) in [5, 5.41) is 0. The number of ether oxygens (including phenoxy) is 1. The summed E-state index contributed by atoms with van der Waals surface area (Å²) in [7, 11) is 0. The molecule has 0 saturated carbocycles. The Morgan fingerprint density at radius 2 is 2.06 bits per heavy atom. The lowest BCUT2D eigenvalue weighted by Crippen LogP contribution is -2.36. The quantitative estimate of drug-likeness (QED) is 0.805. The van der Waals surface area contributed by atoms with E-state index in [0.29, 0.717) is 6.01 Å². The van der Waals surface area contributed by atoms with E-state index in [1.54, 1.807) is 0 Å². The third-order valence-electron chi connectivity index (χ3n) is 2.62. The molecular formula is C11H11BrN2O2. The van der Waals surface area contributed by atoms with Crippen molar-refractivity contribution in [1.82, 2.24) is 4.98 Å². The molecule has 4 nitrogen and oxygen atoms in total. The summed E-state index contributed by atoms with van der Waals surface area (Å²) in [4.78, 5) is 6.57. The van der Waals surface area contributed by atoms with Crippen LogP contribution < -0.4 is 4.90 Å². The molecule has 1 aliphatic rings. The molecule has 0 spiro atoms. The van der Waals surface area contributed by atoms with Crippen molar-refractivity contribution in [3.05, 3.63) is 22.7 Å². The molecule has 3 rings (SSSR count). The minimum Gasteiger partial charge on any atom is -0.423 e. The summed E-state index contributed by atoms with van der Waals surface area (Å²) in [5.74, 6) is 0. The van der Waals surface area contributed by atoms with Crippen LogP contribution in [0.4, 0.5) is 6.01 Å². The van der Waals surface area contributed by atoms with Gasteiger partial charge in [-0.25, -0.2) is 0 Å². The van der Waals surface area contributed by atoms with Gasteiger partial charge in [0.2, 0.25) is 0 Å². The van der Waals surface area contributed by atoms with E-state index in [-0.39, 0.29) is 0 Å². The summed E-state index contributed by atoms with van der Waals surface area (Å²) >= 11 is 3.42. The second kappa shape index (κ2) is 4.07. The van der Waals surface area contributed by atoms with Crippen LogP contribution in [0.3, 0.4) is 0 Å². The molecule has 0 atom stereocenters. The third kappa shape index (κ3) is 1.81. The van der Waals surface area contributed by atoms with Crippen LogP contribution in [0, 0.1) is 0 Å². The Hall–Kier alpha value is -1.07. The lowest BCUT2D eigenvalue weighted by Gasteiger charge is -2.24. The van der Waals surface area contributed by atoms with E-state index in [0.717, 1.165) is 41.9 Å². The van der Waals surface area contributed by atoms with Gasteiger partial charge in [-0.1, -0.05) is 15.9 Å². The zero-order valence-electron chi connectivity index (χ0n) is 8.65. The van der Waals surface area contributed by atoms with Crippen LogP contribution in [-0.2, 0) is 4.74 Å². The van der Waals surface area contributed by atoms with Gasteiger partial charge in [0, 0.05) is 17.6 Å².